The summed E-state index contributed by atoms with van der Waals surface area (Å²) in [7, 11) is -3.54. The van der Waals surface area contributed by atoms with Crippen molar-refractivity contribution in [3.8, 4) is 0 Å². The van der Waals surface area contributed by atoms with Gasteiger partial charge in [-0.3, -0.25) is 9.10 Å². The normalized spacial score (nSPS) is 11.1. The number of hydrogen-bond acceptors (Lipinski definition) is 3. The molecule has 0 aliphatic rings. The van der Waals surface area contributed by atoms with Crippen LogP contribution in [0.4, 0.5) is 15.8 Å². The summed E-state index contributed by atoms with van der Waals surface area (Å²) < 4.78 is 38.8. The largest absolute Gasteiger partial charge is 0.324 e. The number of nitrogens with one attached hydrogen (secondary N) is 1. The Balaban J connectivity index is 2.10. The van der Waals surface area contributed by atoms with Gasteiger partial charge in [0.1, 0.15) is 5.82 Å². The molecule has 0 spiro atoms. The summed E-state index contributed by atoms with van der Waals surface area (Å²) in [5.74, 6) is -0.993. The molecular weight excluding hydrogens is 331 g/mol. The number of nitrogens with zero attached hydrogens (tertiary/aromatic N) is 1. The van der Waals surface area contributed by atoms with Crippen molar-refractivity contribution < 1.29 is 17.6 Å². The van der Waals surface area contributed by atoms with Crippen LogP contribution in [0.2, 0.25) is 0 Å². The fourth-order valence-electron chi connectivity index (χ4n) is 2.29. The number of sulfonamides is 1. The molecule has 0 bridgehead atoms. The smallest absolute Gasteiger partial charge is 0.232 e. The van der Waals surface area contributed by atoms with Crippen LogP contribution in [0.15, 0.2) is 48.5 Å². The van der Waals surface area contributed by atoms with Crippen LogP contribution in [0.25, 0.3) is 0 Å². The molecule has 0 aliphatic carbocycles. The Kier molecular flexibility index (Phi) is 5.56. The lowest BCUT2D eigenvalue weighted by Crippen LogP contribution is -2.33. The first-order chi connectivity index (χ1) is 11.3. The molecule has 0 aliphatic heterocycles. The average molecular weight is 350 g/mol. The van der Waals surface area contributed by atoms with Gasteiger partial charge in [-0.2, -0.15) is 0 Å². The van der Waals surface area contributed by atoms with E-state index in [0.717, 1.165) is 11.8 Å². The van der Waals surface area contributed by atoms with Crippen molar-refractivity contribution in [3.05, 3.63) is 59.9 Å². The molecule has 2 aromatic rings. The van der Waals surface area contributed by atoms with Crippen LogP contribution in [0.1, 0.15) is 12.0 Å². The molecule has 7 heteroatoms. The Labute approximate surface area is 141 Å². The van der Waals surface area contributed by atoms with Gasteiger partial charge in [0, 0.05) is 13.0 Å². The molecule has 0 heterocycles. The summed E-state index contributed by atoms with van der Waals surface area (Å²) in [5, 5.41) is 2.45. The molecular formula is C17H19FN2O3S. The van der Waals surface area contributed by atoms with E-state index in [1.807, 2.05) is 6.07 Å². The highest BCUT2D eigenvalue weighted by atomic mass is 32.2. The van der Waals surface area contributed by atoms with Crippen LogP contribution in [0, 0.1) is 12.7 Å². The number of benzene rings is 2. The van der Waals surface area contributed by atoms with Gasteiger partial charge in [-0.1, -0.05) is 30.3 Å². The number of anilines is 2. The van der Waals surface area contributed by atoms with Crippen molar-refractivity contribution in [1.29, 1.82) is 0 Å². The van der Waals surface area contributed by atoms with Crippen molar-refractivity contribution in [2.75, 3.05) is 22.4 Å². The minimum atomic E-state index is -3.54. The van der Waals surface area contributed by atoms with Gasteiger partial charge in [0.25, 0.3) is 0 Å². The highest BCUT2D eigenvalue weighted by Crippen LogP contribution is 2.22. The highest BCUT2D eigenvalue weighted by Gasteiger charge is 2.20. The van der Waals surface area contributed by atoms with Crippen LogP contribution in [-0.2, 0) is 14.8 Å². The predicted octanol–water partition coefficient (Wildman–Crippen LogP) is 2.93. The lowest BCUT2D eigenvalue weighted by molar-refractivity contribution is -0.116. The number of aryl methyl sites for hydroxylation is 1. The van der Waals surface area contributed by atoms with Gasteiger partial charge in [-0.15, -0.1) is 0 Å². The molecule has 0 aromatic heterocycles. The monoisotopic (exact) mass is 350 g/mol. The molecule has 0 saturated carbocycles. The van der Waals surface area contributed by atoms with Gasteiger partial charge >= 0.3 is 0 Å². The standard InChI is InChI=1S/C17H19FN2O3S/c1-13-7-3-6-10-16(13)20(24(2,22)23)12-11-17(21)19-15-9-5-4-8-14(15)18/h3-10H,11-12H2,1-2H3,(H,19,21). The first-order valence-electron chi connectivity index (χ1n) is 7.37. The highest BCUT2D eigenvalue weighted by molar-refractivity contribution is 7.92. The van der Waals surface area contributed by atoms with E-state index >= 15 is 0 Å². The van der Waals surface area contributed by atoms with Crippen molar-refractivity contribution >= 4 is 27.3 Å². The lowest BCUT2D eigenvalue weighted by Gasteiger charge is -2.23. The number of carbonyl (C=O) groups excluding carboxylic acids is 1. The average Bonchev–Trinajstić information content (AvgIpc) is 2.50. The fraction of sp³-hybridized carbons (Fsp3) is 0.235. The number of hydrogen-bond donors (Lipinski definition) is 1. The molecule has 1 amide bonds. The van der Waals surface area contributed by atoms with E-state index in [1.54, 1.807) is 31.2 Å². The second-order valence-corrected chi connectivity index (χ2v) is 7.31. The van der Waals surface area contributed by atoms with E-state index in [1.165, 1.54) is 22.5 Å². The molecule has 2 rings (SSSR count). The second-order valence-electron chi connectivity index (χ2n) is 5.40. The fourth-order valence-corrected chi connectivity index (χ4v) is 3.27. The van der Waals surface area contributed by atoms with Crippen molar-refractivity contribution in [1.82, 2.24) is 0 Å². The molecule has 5 nitrogen and oxygen atoms in total. The Morgan fingerprint density at radius 2 is 1.75 bits per heavy atom. The van der Waals surface area contributed by atoms with Crippen molar-refractivity contribution in [2.45, 2.75) is 13.3 Å². The third-order valence-corrected chi connectivity index (χ3v) is 4.65. The molecule has 24 heavy (non-hydrogen) atoms. The van der Waals surface area contributed by atoms with E-state index in [2.05, 4.69) is 5.32 Å². The van der Waals surface area contributed by atoms with Gasteiger partial charge in [0.05, 0.1) is 17.6 Å². The Morgan fingerprint density at radius 1 is 1.12 bits per heavy atom. The van der Waals surface area contributed by atoms with Crippen LogP contribution < -0.4 is 9.62 Å². The van der Waals surface area contributed by atoms with Gasteiger partial charge in [0.2, 0.25) is 15.9 Å². The Bertz CT molecular complexity index is 837. The van der Waals surface area contributed by atoms with Gasteiger partial charge in [0.15, 0.2) is 0 Å². The van der Waals surface area contributed by atoms with E-state index in [9.17, 15) is 17.6 Å². The third kappa shape index (κ3) is 4.55. The lowest BCUT2D eigenvalue weighted by atomic mass is 10.2. The Hall–Kier alpha value is -2.41. The van der Waals surface area contributed by atoms with E-state index in [-0.39, 0.29) is 18.7 Å². The maximum absolute atomic E-state index is 13.5. The Morgan fingerprint density at radius 3 is 2.38 bits per heavy atom. The molecule has 0 atom stereocenters. The third-order valence-electron chi connectivity index (χ3n) is 3.47. The van der Waals surface area contributed by atoms with Crippen LogP contribution in [0.5, 0.6) is 0 Å². The van der Waals surface area contributed by atoms with Gasteiger partial charge in [-0.05, 0) is 30.7 Å². The zero-order chi connectivity index (χ0) is 17.7. The van der Waals surface area contributed by atoms with E-state index in [0.29, 0.717) is 5.69 Å². The second kappa shape index (κ2) is 7.44. The minimum absolute atomic E-state index is 0.0238. The molecule has 0 radical (unpaired) electrons. The van der Waals surface area contributed by atoms with Crippen LogP contribution in [-0.4, -0.2) is 27.1 Å². The molecule has 1 N–H and O–H groups in total. The van der Waals surface area contributed by atoms with E-state index in [4.69, 9.17) is 0 Å². The molecule has 0 fully saturated rings. The summed E-state index contributed by atoms with van der Waals surface area (Å²) in [6.45, 7) is 1.77. The summed E-state index contributed by atoms with van der Waals surface area (Å²) in [4.78, 5) is 12.0. The first-order valence-corrected chi connectivity index (χ1v) is 9.21. The SMILES string of the molecule is Cc1ccccc1N(CCC(=O)Nc1ccccc1F)S(C)(=O)=O. The topological polar surface area (TPSA) is 66.5 Å². The summed E-state index contributed by atoms with van der Waals surface area (Å²) in [6.07, 6.45) is 1.00. The van der Waals surface area contributed by atoms with Crippen LogP contribution in [0.3, 0.4) is 0 Å². The first kappa shape index (κ1) is 17.9. The number of rotatable bonds is 6. The van der Waals surface area contributed by atoms with Crippen molar-refractivity contribution in [3.63, 3.8) is 0 Å². The molecule has 0 saturated heterocycles. The summed E-state index contributed by atoms with van der Waals surface area (Å²) in [5.41, 5.74) is 1.39. The van der Waals surface area contributed by atoms with Gasteiger partial charge < -0.3 is 5.32 Å². The zero-order valence-corrected chi connectivity index (χ0v) is 14.3. The molecule has 128 valence electrons. The predicted molar refractivity (Wildman–Crippen MR) is 93.0 cm³/mol. The zero-order valence-electron chi connectivity index (χ0n) is 13.5. The van der Waals surface area contributed by atoms with E-state index < -0.39 is 21.7 Å². The minimum Gasteiger partial charge on any atom is -0.324 e. The molecule has 0 unspecified atom stereocenters. The maximum Gasteiger partial charge on any atom is 0.232 e. The number of halogens is 1. The molecule has 2 aromatic carbocycles. The quantitative estimate of drug-likeness (QED) is 0.871. The maximum atomic E-state index is 13.5. The van der Waals surface area contributed by atoms with Crippen LogP contribution >= 0.6 is 0 Å². The van der Waals surface area contributed by atoms with Gasteiger partial charge in [-0.25, -0.2) is 12.8 Å². The van der Waals surface area contributed by atoms with Crippen molar-refractivity contribution in [2.24, 2.45) is 0 Å². The summed E-state index contributed by atoms with van der Waals surface area (Å²) >= 11 is 0. The summed E-state index contributed by atoms with van der Waals surface area (Å²) in [6, 6.07) is 12.8. The number of para-hydroxylation sites is 2. The number of carbonyl (C=O) groups is 1. The number of amides is 1.